The van der Waals surface area contributed by atoms with Gasteiger partial charge >= 0.3 is 0 Å². The number of benzene rings is 2. The minimum Gasteiger partial charge on any atom is -0.487 e. The highest BCUT2D eigenvalue weighted by atomic mass is 35.5. The largest absolute Gasteiger partial charge is 0.487 e. The number of ether oxygens (including phenoxy) is 1. The summed E-state index contributed by atoms with van der Waals surface area (Å²) < 4.78 is 33.4. The summed E-state index contributed by atoms with van der Waals surface area (Å²) in [5.41, 5.74) is 3.48. The lowest BCUT2D eigenvalue weighted by Gasteiger charge is -2.12. The van der Waals surface area contributed by atoms with Gasteiger partial charge in [-0.25, -0.2) is 13.4 Å². The zero-order valence-corrected chi connectivity index (χ0v) is 15.7. The van der Waals surface area contributed by atoms with Gasteiger partial charge in [-0.15, -0.1) is 11.3 Å². The van der Waals surface area contributed by atoms with Gasteiger partial charge in [-0.2, -0.15) is 0 Å². The molecule has 3 aromatic rings. The fourth-order valence-corrected chi connectivity index (χ4v) is 4.30. The summed E-state index contributed by atoms with van der Waals surface area (Å²) in [6.07, 6.45) is 0. The van der Waals surface area contributed by atoms with Gasteiger partial charge < -0.3 is 4.74 Å². The van der Waals surface area contributed by atoms with E-state index in [1.54, 1.807) is 48.8 Å². The van der Waals surface area contributed by atoms with E-state index in [4.69, 9.17) is 16.3 Å². The third-order valence-corrected chi connectivity index (χ3v) is 6.03. The lowest BCUT2D eigenvalue weighted by molar-refractivity contribution is 0.302. The van der Waals surface area contributed by atoms with Crippen molar-refractivity contribution in [2.24, 2.45) is 0 Å². The predicted molar refractivity (Wildman–Crippen MR) is 99.9 cm³/mol. The summed E-state index contributed by atoms with van der Waals surface area (Å²) in [5.74, 6) is 0.552. The van der Waals surface area contributed by atoms with Crippen molar-refractivity contribution in [3.63, 3.8) is 0 Å². The van der Waals surface area contributed by atoms with Crippen LogP contribution in [-0.2, 0) is 16.6 Å². The number of hydrogen-bond donors (Lipinski definition) is 1. The van der Waals surface area contributed by atoms with E-state index in [0.717, 1.165) is 5.69 Å². The molecular formula is C17H15ClN2O3S2. The molecule has 3 rings (SSSR count). The molecule has 2 aromatic carbocycles. The molecule has 0 atom stereocenters. The Morgan fingerprint density at radius 3 is 2.80 bits per heavy atom. The van der Waals surface area contributed by atoms with Gasteiger partial charge in [0.15, 0.2) is 0 Å². The molecule has 0 aliphatic rings. The first-order valence-corrected chi connectivity index (χ1v) is 10.1. The molecule has 130 valence electrons. The summed E-state index contributed by atoms with van der Waals surface area (Å²) in [6, 6.07) is 11.6. The van der Waals surface area contributed by atoms with Crippen LogP contribution in [0.25, 0.3) is 0 Å². The highest BCUT2D eigenvalue weighted by Crippen LogP contribution is 2.26. The number of nitrogens with zero attached hydrogens (tertiary/aromatic N) is 1. The molecule has 0 unspecified atom stereocenters. The number of hydrogen-bond acceptors (Lipinski definition) is 5. The van der Waals surface area contributed by atoms with Crippen LogP contribution in [0.5, 0.6) is 5.75 Å². The fraction of sp³-hybridized carbons (Fsp3) is 0.118. The number of thiazole rings is 1. The molecule has 5 nitrogen and oxygen atoms in total. The molecule has 0 saturated carbocycles. The Kier molecular flexibility index (Phi) is 5.27. The van der Waals surface area contributed by atoms with Crippen molar-refractivity contribution >= 4 is 38.6 Å². The van der Waals surface area contributed by atoms with E-state index in [1.165, 1.54) is 17.4 Å². The molecular weight excluding hydrogens is 380 g/mol. The predicted octanol–water partition coefficient (Wildman–Crippen LogP) is 4.48. The molecule has 0 aliphatic heterocycles. The quantitative estimate of drug-likeness (QED) is 0.669. The summed E-state index contributed by atoms with van der Waals surface area (Å²) in [7, 11) is -3.74. The monoisotopic (exact) mass is 394 g/mol. The number of anilines is 1. The molecule has 0 amide bonds. The number of halogens is 1. The third kappa shape index (κ3) is 4.31. The van der Waals surface area contributed by atoms with Crippen LogP contribution in [0, 0.1) is 6.92 Å². The summed E-state index contributed by atoms with van der Waals surface area (Å²) >= 11 is 7.51. The zero-order chi connectivity index (χ0) is 17.9. The maximum absolute atomic E-state index is 12.6. The van der Waals surface area contributed by atoms with Crippen molar-refractivity contribution in [1.82, 2.24) is 4.98 Å². The lowest BCUT2D eigenvalue weighted by atomic mass is 10.2. The van der Waals surface area contributed by atoms with E-state index in [0.29, 0.717) is 28.6 Å². The van der Waals surface area contributed by atoms with E-state index in [-0.39, 0.29) is 4.90 Å². The van der Waals surface area contributed by atoms with Gasteiger partial charge in [0.05, 0.1) is 21.8 Å². The van der Waals surface area contributed by atoms with Crippen LogP contribution in [0.2, 0.25) is 5.02 Å². The number of sulfonamides is 1. The van der Waals surface area contributed by atoms with Gasteiger partial charge in [0.25, 0.3) is 10.0 Å². The van der Waals surface area contributed by atoms with Crippen LogP contribution < -0.4 is 9.46 Å². The van der Waals surface area contributed by atoms with E-state index in [1.807, 2.05) is 5.38 Å². The third-order valence-electron chi connectivity index (χ3n) is 3.46. The Bertz CT molecular complexity index is 973. The summed E-state index contributed by atoms with van der Waals surface area (Å²) in [6.45, 7) is 2.00. The summed E-state index contributed by atoms with van der Waals surface area (Å²) in [4.78, 5) is 4.29. The SMILES string of the molecule is Cc1c(Cl)cccc1S(=O)(=O)Nc1cccc(OCc2cscn2)c1. The normalized spacial score (nSPS) is 11.3. The Hall–Kier alpha value is -2.09. The average molecular weight is 395 g/mol. The second-order valence-electron chi connectivity index (χ2n) is 5.26. The lowest BCUT2D eigenvalue weighted by Crippen LogP contribution is -2.14. The van der Waals surface area contributed by atoms with Gasteiger partial charge in [-0.3, -0.25) is 4.72 Å². The Morgan fingerprint density at radius 1 is 1.24 bits per heavy atom. The van der Waals surface area contributed by atoms with Crippen molar-refractivity contribution in [3.05, 3.63) is 69.6 Å². The first-order valence-electron chi connectivity index (χ1n) is 7.33. The Labute approximate surface area is 155 Å². The molecule has 0 spiro atoms. The molecule has 1 aromatic heterocycles. The number of nitrogens with one attached hydrogen (secondary N) is 1. The first-order chi connectivity index (χ1) is 12.0. The summed E-state index contributed by atoms with van der Waals surface area (Å²) in [5, 5.41) is 2.30. The van der Waals surface area contributed by atoms with E-state index < -0.39 is 10.0 Å². The molecule has 0 bridgehead atoms. The maximum Gasteiger partial charge on any atom is 0.262 e. The van der Waals surface area contributed by atoms with Crippen LogP contribution >= 0.6 is 22.9 Å². The molecule has 0 fully saturated rings. The minimum absolute atomic E-state index is 0.147. The topological polar surface area (TPSA) is 68.3 Å². The standard InChI is InChI=1S/C17H15ClN2O3S2/c1-12-16(18)6-3-7-17(12)25(21,22)20-13-4-2-5-15(8-13)23-9-14-10-24-11-19-14/h2-8,10-11,20H,9H2,1H3. The van der Waals surface area contributed by atoms with Gasteiger partial charge in [0.2, 0.25) is 0 Å². The van der Waals surface area contributed by atoms with Crippen molar-refractivity contribution in [3.8, 4) is 5.75 Å². The number of aromatic nitrogens is 1. The second kappa shape index (κ2) is 7.43. The van der Waals surface area contributed by atoms with Crippen LogP contribution in [-0.4, -0.2) is 13.4 Å². The highest BCUT2D eigenvalue weighted by molar-refractivity contribution is 7.92. The first kappa shape index (κ1) is 17.7. The molecule has 0 saturated heterocycles. The van der Waals surface area contributed by atoms with Gasteiger partial charge in [0.1, 0.15) is 12.4 Å². The van der Waals surface area contributed by atoms with Crippen LogP contribution in [0.4, 0.5) is 5.69 Å². The Balaban J connectivity index is 1.78. The Morgan fingerprint density at radius 2 is 2.04 bits per heavy atom. The molecule has 0 aliphatic carbocycles. The highest BCUT2D eigenvalue weighted by Gasteiger charge is 2.18. The minimum atomic E-state index is -3.74. The smallest absolute Gasteiger partial charge is 0.262 e. The molecule has 1 heterocycles. The second-order valence-corrected chi connectivity index (χ2v) is 8.04. The molecule has 0 radical (unpaired) electrons. The zero-order valence-electron chi connectivity index (χ0n) is 13.3. The van der Waals surface area contributed by atoms with Crippen LogP contribution in [0.15, 0.2) is 58.3 Å². The van der Waals surface area contributed by atoms with Crippen LogP contribution in [0.3, 0.4) is 0 Å². The maximum atomic E-state index is 12.6. The van der Waals surface area contributed by atoms with Crippen molar-refractivity contribution in [2.45, 2.75) is 18.4 Å². The molecule has 8 heteroatoms. The van der Waals surface area contributed by atoms with E-state index in [9.17, 15) is 8.42 Å². The van der Waals surface area contributed by atoms with Gasteiger partial charge in [0, 0.05) is 16.5 Å². The van der Waals surface area contributed by atoms with Crippen molar-refractivity contribution < 1.29 is 13.2 Å². The molecule has 1 N–H and O–H groups in total. The van der Waals surface area contributed by atoms with Crippen molar-refractivity contribution in [2.75, 3.05) is 4.72 Å². The molecule has 25 heavy (non-hydrogen) atoms. The fourth-order valence-electron chi connectivity index (χ4n) is 2.20. The van der Waals surface area contributed by atoms with E-state index in [2.05, 4.69) is 9.71 Å². The van der Waals surface area contributed by atoms with Crippen molar-refractivity contribution in [1.29, 1.82) is 0 Å². The van der Waals surface area contributed by atoms with Crippen LogP contribution in [0.1, 0.15) is 11.3 Å². The van der Waals surface area contributed by atoms with Gasteiger partial charge in [-0.05, 0) is 36.8 Å². The average Bonchev–Trinajstić information content (AvgIpc) is 3.09. The van der Waals surface area contributed by atoms with E-state index >= 15 is 0 Å². The van der Waals surface area contributed by atoms with Gasteiger partial charge in [-0.1, -0.05) is 23.7 Å². The number of rotatable bonds is 6.